The molecule has 0 aliphatic carbocycles. The van der Waals surface area contributed by atoms with Crippen LogP contribution in [0.15, 0.2) is 18.2 Å². The molecular weight excluding hydrogens is 374 g/mol. The second kappa shape index (κ2) is 10.1. The van der Waals surface area contributed by atoms with Gasteiger partial charge in [-0.25, -0.2) is 8.42 Å². The minimum Gasteiger partial charge on any atom is -0.493 e. The van der Waals surface area contributed by atoms with Gasteiger partial charge in [0.2, 0.25) is 10.0 Å². The molecule has 0 spiro atoms. The Bertz CT molecular complexity index is 764. The lowest BCUT2D eigenvalue weighted by Gasteiger charge is -2.15. The SMILES string of the molecule is COc1cc(C(=O)NNC(=O)CN(C)S(C)(=O)=O)ccc1OCCC(C)C. The molecule has 0 fully saturated rings. The van der Waals surface area contributed by atoms with Crippen LogP contribution in [0.3, 0.4) is 0 Å². The van der Waals surface area contributed by atoms with Gasteiger partial charge < -0.3 is 9.47 Å². The number of likely N-dealkylation sites (N-methyl/N-ethyl adjacent to an activating group) is 1. The number of hydrogen-bond acceptors (Lipinski definition) is 6. The van der Waals surface area contributed by atoms with Crippen molar-refractivity contribution in [3.05, 3.63) is 23.8 Å². The first kappa shape index (κ1) is 22.7. The van der Waals surface area contributed by atoms with Gasteiger partial charge in [0.15, 0.2) is 11.5 Å². The second-order valence-corrected chi connectivity index (χ2v) is 8.51. The van der Waals surface area contributed by atoms with E-state index in [-0.39, 0.29) is 5.56 Å². The topological polar surface area (TPSA) is 114 Å². The van der Waals surface area contributed by atoms with E-state index in [1.54, 1.807) is 6.07 Å². The molecule has 1 rings (SSSR count). The highest BCUT2D eigenvalue weighted by molar-refractivity contribution is 7.88. The highest BCUT2D eigenvalue weighted by atomic mass is 32.2. The third-order valence-electron chi connectivity index (χ3n) is 3.63. The summed E-state index contributed by atoms with van der Waals surface area (Å²) in [6.07, 6.45) is 1.87. The van der Waals surface area contributed by atoms with Crippen molar-refractivity contribution in [3.63, 3.8) is 0 Å². The number of amides is 2. The first-order valence-corrected chi connectivity index (χ1v) is 10.2. The standard InChI is InChI=1S/C17H27N3O6S/c1-12(2)8-9-26-14-7-6-13(10-15(14)25-4)17(22)19-18-16(21)11-20(3)27(5,23)24/h6-7,10,12H,8-9,11H2,1-5H3,(H,18,21)(H,19,22). The number of benzene rings is 1. The average molecular weight is 401 g/mol. The zero-order valence-corrected chi connectivity index (χ0v) is 17.1. The first-order chi connectivity index (χ1) is 12.5. The van der Waals surface area contributed by atoms with Gasteiger partial charge in [0, 0.05) is 12.6 Å². The minimum absolute atomic E-state index is 0.250. The van der Waals surface area contributed by atoms with Crippen LogP contribution in [0, 0.1) is 5.92 Å². The highest BCUT2D eigenvalue weighted by Crippen LogP contribution is 2.28. The van der Waals surface area contributed by atoms with E-state index < -0.39 is 28.4 Å². The molecule has 0 aliphatic rings. The Morgan fingerprint density at radius 1 is 1.19 bits per heavy atom. The molecule has 10 heteroatoms. The largest absolute Gasteiger partial charge is 0.493 e. The maximum Gasteiger partial charge on any atom is 0.269 e. The van der Waals surface area contributed by atoms with Gasteiger partial charge in [-0.2, -0.15) is 4.31 Å². The zero-order chi connectivity index (χ0) is 20.6. The van der Waals surface area contributed by atoms with Gasteiger partial charge in [-0.3, -0.25) is 20.4 Å². The summed E-state index contributed by atoms with van der Waals surface area (Å²) in [5, 5.41) is 0. The Morgan fingerprint density at radius 2 is 1.85 bits per heavy atom. The van der Waals surface area contributed by atoms with Crippen LogP contribution in [-0.4, -0.2) is 58.1 Å². The molecule has 0 radical (unpaired) electrons. The quantitative estimate of drug-likeness (QED) is 0.591. The van der Waals surface area contributed by atoms with Crippen molar-refractivity contribution in [1.29, 1.82) is 0 Å². The molecule has 0 saturated heterocycles. The number of hydrazine groups is 1. The van der Waals surface area contributed by atoms with Crippen molar-refractivity contribution in [2.75, 3.05) is 33.6 Å². The number of carbonyl (C=O) groups is 2. The van der Waals surface area contributed by atoms with Crippen molar-refractivity contribution in [3.8, 4) is 11.5 Å². The Morgan fingerprint density at radius 3 is 2.41 bits per heavy atom. The summed E-state index contributed by atoms with van der Waals surface area (Å²) in [7, 11) is -0.755. The van der Waals surface area contributed by atoms with E-state index in [0.29, 0.717) is 24.0 Å². The van der Waals surface area contributed by atoms with Crippen LogP contribution in [-0.2, 0) is 14.8 Å². The first-order valence-electron chi connectivity index (χ1n) is 8.36. The fraction of sp³-hybridized carbons (Fsp3) is 0.529. The van der Waals surface area contributed by atoms with Crippen LogP contribution >= 0.6 is 0 Å². The maximum atomic E-state index is 12.2. The number of hydrogen-bond donors (Lipinski definition) is 2. The van der Waals surface area contributed by atoms with E-state index in [9.17, 15) is 18.0 Å². The average Bonchev–Trinajstić information content (AvgIpc) is 2.58. The lowest BCUT2D eigenvalue weighted by molar-refractivity contribution is -0.121. The number of rotatable bonds is 9. The molecule has 9 nitrogen and oxygen atoms in total. The smallest absolute Gasteiger partial charge is 0.269 e. The number of nitrogens with zero attached hydrogens (tertiary/aromatic N) is 1. The van der Waals surface area contributed by atoms with Crippen LogP contribution < -0.4 is 20.3 Å². The fourth-order valence-corrected chi connectivity index (χ4v) is 2.24. The number of ether oxygens (including phenoxy) is 2. The van der Waals surface area contributed by atoms with Gasteiger partial charge >= 0.3 is 0 Å². The lowest BCUT2D eigenvalue weighted by Crippen LogP contribution is -2.46. The van der Waals surface area contributed by atoms with Gasteiger partial charge in [-0.05, 0) is 30.5 Å². The number of methoxy groups -OCH3 is 1. The van der Waals surface area contributed by atoms with Crippen molar-refractivity contribution in [1.82, 2.24) is 15.2 Å². The summed E-state index contributed by atoms with van der Waals surface area (Å²) in [5.74, 6) is 0.184. The molecule has 0 heterocycles. The summed E-state index contributed by atoms with van der Waals surface area (Å²) in [5.41, 5.74) is 4.64. The highest BCUT2D eigenvalue weighted by Gasteiger charge is 2.16. The minimum atomic E-state index is -3.49. The van der Waals surface area contributed by atoms with E-state index in [1.807, 2.05) is 0 Å². The van der Waals surface area contributed by atoms with Gasteiger partial charge in [0.25, 0.3) is 11.8 Å². The molecule has 1 aromatic carbocycles. The molecule has 152 valence electrons. The van der Waals surface area contributed by atoms with E-state index in [0.717, 1.165) is 17.0 Å². The van der Waals surface area contributed by atoms with Gasteiger partial charge in [-0.1, -0.05) is 13.8 Å². The summed E-state index contributed by atoms with van der Waals surface area (Å²) < 4.78 is 34.3. The van der Waals surface area contributed by atoms with E-state index in [4.69, 9.17) is 9.47 Å². The van der Waals surface area contributed by atoms with Gasteiger partial charge in [0.05, 0.1) is 26.5 Å². The Labute approximate surface area is 160 Å². The predicted molar refractivity (Wildman–Crippen MR) is 101 cm³/mol. The maximum absolute atomic E-state index is 12.2. The van der Waals surface area contributed by atoms with Crippen LogP contribution in [0.25, 0.3) is 0 Å². The van der Waals surface area contributed by atoms with Gasteiger partial charge in [-0.15, -0.1) is 0 Å². The van der Waals surface area contributed by atoms with Crippen molar-refractivity contribution in [2.24, 2.45) is 5.92 Å². The molecule has 0 aromatic heterocycles. The van der Waals surface area contributed by atoms with Crippen molar-refractivity contribution >= 4 is 21.8 Å². The molecule has 2 amide bonds. The summed E-state index contributed by atoms with van der Waals surface area (Å²) >= 11 is 0. The molecular formula is C17H27N3O6S. The molecule has 1 aromatic rings. The number of nitrogens with one attached hydrogen (secondary N) is 2. The third-order valence-corrected chi connectivity index (χ3v) is 4.89. The monoisotopic (exact) mass is 401 g/mol. The van der Waals surface area contributed by atoms with E-state index in [1.165, 1.54) is 26.3 Å². The van der Waals surface area contributed by atoms with Crippen molar-refractivity contribution in [2.45, 2.75) is 20.3 Å². The summed E-state index contributed by atoms with van der Waals surface area (Å²) in [6, 6.07) is 4.65. The summed E-state index contributed by atoms with van der Waals surface area (Å²) in [6.45, 7) is 4.31. The molecule has 27 heavy (non-hydrogen) atoms. The molecule has 0 bridgehead atoms. The molecule has 0 saturated carbocycles. The number of carbonyl (C=O) groups excluding carboxylic acids is 2. The van der Waals surface area contributed by atoms with Gasteiger partial charge in [0.1, 0.15) is 0 Å². The molecule has 2 N–H and O–H groups in total. The van der Waals surface area contributed by atoms with Crippen LogP contribution in [0.4, 0.5) is 0 Å². The second-order valence-electron chi connectivity index (χ2n) is 6.42. The van der Waals surface area contributed by atoms with Crippen molar-refractivity contribution < 1.29 is 27.5 Å². The van der Waals surface area contributed by atoms with E-state index in [2.05, 4.69) is 24.7 Å². The predicted octanol–water partition coefficient (Wildman–Crippen LogP) is 0.773. The van der Waals surface area contributed by atoms with Crippen LogP contribution in [0.2, 0.25) is 0 Å². The third kappa shape index (κ3) is 7.83. The number of sulfonamides is 1. The Hall–Kier alpha value is -2.33. The normalized spacial score (nSPS) is 11.4. The zero-order valence-electron chi connectivity index (χ0n) is 16.2. The summed E-state index contributed by atoms with van der Waals surface area (Å²) in [4.78, 5) is 23.9. The van der Waals surface area contributed by atoms with Crippen LogP contribution in [0.5, 0.6) is 11.5 Å². The Balaban J connectivity index is 2.65. The molecule has 0 unspecified atom stereocenters. The Kier molecular flexibility index (Phi) is 8.51. The molecule has 0 atom stereocenters. The molecule has 0 aliphatic heterocycles. The fourth-order valence-electron chi connectivity index (χ4n) is 1.89. The lowest BCUT2D eigenvalue weighted by atomic mass is 10.1. The van der Waals surface area contributed by atoms with Crippen LogP contribution in [0.1, 0.15) is 30.6 Å². The van der Waals surface area contributed by atoms with E-state index >= 15 is 0 Å².